The van der Waals surface area contributed by atoms with Crippen molar-refractivity contribution in [2.45, 2.75) is 0 Å². The summed E-state index contributed by atoms with van der Waals surface area (Å²) in [7, 11) is 0. The molecule has 0 radical (unpaired) electrons. The Bertz CT molecular complexity index is 513. The predicted molar refractivity (Wildman–Crippen MR) is 48.4 cm³/mol. The molecule has 4 nitrogen and oxygen atoms in total. The van der Waals surface area contributed by atoms with E-state index < -0.39 is 16.4 Å². The monoisotopic (exact) mass is 192 g/mol. The largest absolute Gasteiger partial charge is 0.315 e. The Hall–Kier alpha value is -2.04. The Labute approximate surface area is 78.2 Å². The highest BCUT2D eigenvalue weighted by Gasteiger charge is 2.18. The molecule has 2 aromatic rings. The van der Waals surface area contributed by atoms with Crippen LogP contribution in [0.4, 0.5) is 10.1 Å². The number of nitro groups is 1. The summed E-state index contributed by atoms with van der Waals surface area (Å²) in [6.07, 6.45) is 0.862. The van der Waals surface area contributed by atoms with Gasteiger partial charge in [0.15, 0.2) is 0 Å². The van der Waals surface area contributed by atoms with Gasteiger partial charge in [-0.3, -0.25) is 15.1 Å². The molecule has 1 aromatic carbocycles. The maximum Gasteiger partial charge on any atom is 0.315 e. The number of aromatic nitrogens is 1. The van der Waals surface area contributed by atoms with Gasteiger partial charge in [-0.25, -0.2) is 0 Å². The second-order valence-electron chi connectivity index (χ2n) is 2.73. The minimum atomic E-state index is -0.909. The van der Waals surface area contributed by atoms with E-state index in [2.05, 4.69) is 4.98 Å². The molecular weight excluding hydrogens is 187 g/mol. The van der Waals surface area contributed by atoms with E-state index in [1.54, 1.807) is 18.2 Å². The van der Waals surface area contributed by atoms with Gasteiger partial charge in [-0.1, -0.05) is 12.1 Å². The van der Waals surface area contributed by atoms with E-state index in [-0.39, 0.29) is 5.39 Å². The first kappa shape index (κ1) is 8.55. The van der Waals surface area contributed by atoms with Gasteiger partial charge in [-0.15, -0.1) is 0 Å². The molecule has 0 aliphatic heterocycles. The Morgan fingerprint density at radius 1 is 1.36 bits per heavy atom. The van der Waals surface area contributed by atoms with Gasteiger partial charge in [0.1, 0.15) is 0 Å². The number of benzene rings is 1. The van der Waals surface area contributed by atoms with Gasteiger partial charge in [0.05, 0.1) is 22.0 Å². The van der Waals surface area contributed by atoms with E-state index in [1.807, 2.05) is 0 Å². The van der Waals surface area contributed by atoms with Crippen LogP contribution in [0.3, 0.4) is 0 Å². The minimum absolute atomic E-state index is 0.220. The third kappa shape index (κ3) is 1.19. The number of fused-ring (bicyclic) bond motifs is 1. The summed E-state index contributed by atoms with van der Waals surface area (Å²) in [4.78, 5) is 13.6. The van der Waals surface area contributed by atoms with Crippen molar-refractivity contribution < 1.29 is 9.31 Å². The molecule has 0 saturated carbocycles. The predicted octanol–water partition coefficient (Wildman–Crippen LogP) is 2.28. The van der Waals surface area contributed by atoms with Gasteiger partial charge in [0.2, 0.25) is 5.82 Å². The summed E-state index contributed by atoms with van der Waals surface area (Å²) < 4.78 is 13.1. The number of halogens is 1. The highest BCUT2D eigenvalue weighted by atomic mass is 19.1. The van der Waals surface area contributed by atoms with Crippen molar-refractivity contribution in [2.75, 3.05) is 0 Å². The van der Waals surface area contributed by atoms with Gasteiger partial charge < -0.3 is 0 Å². The van der Waals surface area contributed by atoms with Crippen molar-refractivity contribution in [1.29, 1.82) is 0 Å². The number of para-hydroxylation sites is 1. The lowest BCUT2D eigenvalue weighted by Crippen LogP contribution is -1.95. The van der Waals surface area contributed by atoms with E-state index in [9.17, 15) is 14.5 Å². The lowest BCUT2D eigenvalue weighted by atomic mass is 10.2. The Kier molecular flexibility index (Phi) is 1.85. The molecule has 0 bridgehead atoms. The van der Waals surface area contributed by atoms with Gasteiger partial charge in [0.25, 0.3) is 0 Å². The van der Waals surface area contributed by atoms with Crippen LogP contribution >= 0.6 is 0 Å². The molecule has 2 rings (SSSR count). The van der Waals surface area contributed by atoms with E-state index >= 15 is 0 Å². The fourth-order valence-corrected chi connectivity index (χ4v) is 1.29. The third-order valence-electron chi connectivity index (χ3n) is 1.88. The molecule has 0 aliphatic carbocycles. The average molecular weight is 192 g/mol. The molecule has 0 saturated heterocycles. The summed E-state index contributed by atoms with van der Waals surface area (Å²) >= 11 is 0. The molecule has 0 amide bonds. The molecule has 0 atom stereocenters. The quantitative estimate of drug-likeness (QED) is 0.514. The van der Waals surface area contributed by atoms with Crippen molar-refractivity contribution >= 4 is 16.6 Å². The Morgan fingerprint density at radius 2 is 2.07 bits per heavy atom. The highest BCUT2D eigenvalue weighted by molar-refractivity contribution is 5.87. The lowest BCUT2D eigenvalue weighted by Gasteiger charge is -1.98. The number of rotatable bonds is 1. The molecule has 0 N–H and O–H groups in total. The fourth-order valence-electron chi connectivity index (χ4n) is 1.29. The molecular formula is C9H5FN2O2. The lowest BCUT2D eigenvalue weighted by molar-refractivity contribution is -0.385. The molecule has 5 heteroatoms. The second-order valence-corrected chi connectivity index (χ2v) is 2.73. The maximum absolute atomic E-state index is 13.1. The van der Waals surface area contributed by atoms with Crippen LogP contribution in [-0.4, -0.2) is 9.91 Å². The van der Waals surface area contributed by atoms with Crippen molar-refractivity contribution in [3.63, 3.8) is 0 Å². The van der Waals surface area contributed by atoms with E-state index in [0.717, 1.165) is 6.20 Å². The van der Waals surface area contributed by atoms with Crippen LogP contribution in [0, 0.1) is 15.9 Å². The van der Waals surface area contributed by atoms with Crippen LogP contribution in [0.1, 0.15) is 0 Å². The smallest absolute Gasteiger partial charge is 0.258 e. The van der Waals surface area contributed by atoms with Crippen LogP contribution in [0.25, 0.3) is 10.9 Å². The van der Waals surface area contributed by atoms with E-state index in [4.69, 9.17) is 0 Å². The molecule has 70 valence electrons. The Morgan fingerprint density at radius 3 is 2.79 bits per heavy atom. The normalized spacial score (nSPS) is 10.4. The number of hydrogen-bond donors (Lipinski definition) is 0. The molecule has 14 heavy (non-hydrogen) atoms. The van der Waals surface area contributed by atoms with E-state index in [0.29, 0.717) is 5.52 Å². The molecule has 1 heterocycles. The first-order chi connectivity index (χ1) is 6.70. The number of hydrogen-bond acceptors (Lipinski definition) is 3. The van der Waals surface area contributed by atoms with Crippen LogP contribution in [0.5, 0.6) is 0 Å². The zero-order chi connectivity index (χ0) is 10.1. The van der Waals surface area contributed by atoms with Crippen LogP contribution < -0.4 is 0 Å². The zero-order valence-electron chi connectivity index (χ0n) is 6.98. The van der Waals surface area contributed by atoms with Crippen molar-refractivity contribution in [1.82, 2.24) is 4.98 Å². The van der Waals surface area contributed by atoms with Gasteiger partial charge in [-0.2, -0.15) is 4.39 Å². The zero-order valence-corrected chi connectivity index (χ0v) is 6.98. The minimum Gasteiger partial charge on any atom is -0.258 e. The maximum atomic E-state index is 13.1. The summed E-state index contributed by atoms with van der Waals surface area (Å²) in [6, 6.07) is 6.37. The van der Waals surface area contributed by atoms with Crippen molar-refractivity contribution in [3.05, 3.63) is 46.4 Å². The molecule has 0 spiro atoms. The van der Waals surface area contributed by atoms with Crippen molar-refractivity contribution in [2.24, 2.45) is 0 Å². The van der Waals surface area contributed by atoms with Crippen LogP contribution in [0.15, 0.2) is 30.5 Å². The van der Waals surface area contributed by atoms with Crippen LogP contribution in [-0.2, 0) is 0 Å². The number of nitrogens with zero attached hydrogens (tertiary/aromatic N) is 2. The molecule has 0 aliphatic rings. The Balaban J connectivity index is 2.90. The number of pyridine rings is 1. The van der Waals surface area contributed by atoms with E-state index in [1.165, 1.54) is 6.07 Å². The molecule has 1 aromatic heterocycles. The first-order valence-corrected chi connectivity index (χ1v) is 3.88. The summed E-state index contributed by atoms with van der Waals surface area (Å²) in [5.74, 6) is -0.909. The van der Waals surface area contributed by atoms with Gasteiger partial charge in [-0.05, 0) is 12.1 Å². The fraction of sp³-hybridized carbons (Fsp3) is 0. The average Bonchev–Trinajstić information content (AvgIpc) is 2.17. The third-order valence-corrected chi connectivity index (χ3v) is 1.88. The summed E-state index contributed by atoms with van der Waals surface area (Å²) in [6.45, 7) is 0. The molecule has 0 fully saturated rings. The molecule has 0 unspecified atom stereocenters. The van der Waals surface area contributed by atoms with Crippen LogP contribution in [0.2, 0.25) is 0 Å². The van der Waals surface area contributed by atoms with Crippen molar-refractivity contribution in [3.8, 4) is 0 Å². The standard InChI is InChI=1S/C9H5FN2O2/c10-7-5-11-8-4-2-1-3-6(8)9(7)12(13)14/h1-5H. The topological polar surface area (TPSA) is 56.0 Å². The van der Waals surface area contributed by atoms with Gasteiger partial charge in [0, 0.05) is 0 Å². The highest BCUT2D eigenvalue weighted by Crippen LogP contribution is 2.26. The first-order valence-electron chi connectivity index (χ1n) is 3.88. The summed E-state index contributed by atoms with van der Waals surface area (Å²) in [5.41, 5.74) is -0.101. The summed E-state index contributed by atoms with van der Waals surface area (Å²) in [5, 5.41) is 10.8. The van der Waals surface area contributed by atoms with Gasteiger partial charge >= 0.3 is 5.69 Å². The second kappa shape index (κ2) is 3.02. The SMILES string of the molecule is O=[N+]([O-])c1c(F)cnc2ccccc12.